The van der Waals surface area contributed by atoms with Crippen LogP contribution < -0.4 is 0 Å². The van der Waals surface area contributed by atoms with Crippen LogP contribution in [0.15, 0.2) is 0 Å². The highest BCUT2D eigenvalue weighted by Crippen LogP contribution is 2.39. The smallest absolute Gasteiger partial charge is 0.410 e. The second-order valence-corrected chi connectivity index (χ2v) is 6.36. The largest absolute Gasteiger partial charge is 0.444 e. The van der Waals surface area contributed by atoms with E-state index in [1.54, 1.807) is 4.90 Å². The van der Waals surface area contributed by atoms with Crippen molar-refractivity contribution in [1.29, 1.82) is 0 Å². The zero-order chi connectivity index (χ0) is 13.4. The summed E-state index contributed by atoms with van der Waals surface area (Å²) in [5.41, 5.74) is -0.633. The minimum atomic E-state index is -0.513. The lowest BCUT2D eigenvalue weighted by Gasteiger charge is -2.42. The van der Waals surface area contributed by atoms with Crippen molar-refractivity contribution in [2.24, 2.45) is 5.41 Å². The fraction of sp³-hybridized carbons (Fsp3) is 0.923. The number of aliphatic hydroxyl groups excluding tert-OH is 1. The SMILES string of the molecule is CC(C)(C)OC(=O)N1CC[C@]2(CCOC2)[C@@H](O)C1. The Hall–Kier alpha value is -0.810. The van der Waals surface area contributed by atoms with Gasteiger partial charge in [-0.15, -0.1) is 0 Å². The first-order valence-electron chi connectivity index (χ1n) is 6.56. The Labute approximate surface area is 108 Å². The Bertz CT molecular complexity index is 317. The van der Waals surface area contributed by atoms with Crippen LogP contribution in [0.5, 0.6) is 0 Å². The third-order valence-electron chi connectivity index (χ3n) is 3.77. The molecule has 0 unspecified atom stereocenters. The lowest BCUT2D eigenvalue weighted by molar-refractivity contribution is -0.0558. The molecule has 2 atom stereocenters. The predicted molar refractivity (Wildman–Crippen MR) is 66.3 cm³/mol. The van der Waals surface area contributed by atoms with Gasteiger partial charge in [0.1, 0.15) is 5.60 Å². The van der Waals surface area contributed by atoms with Crippen LogP contribution >= 0.6 is 0 Å². The molecule has 0 radical (unpaired) electrons. The van der Waals surface area contributed by atoms with E-state index in [9.17, 15) is 9.90 Å². The molecule has 2 saturated heterocycles. The number of aliphatic hydroxyl groups is 1. The summed E-state index contributed by atoms with van der Waals surface area (Å²) < 4.78 is 10.7. The topological polar surface area (TPSA) is 59.0 Å². The summed E-state index contributed by atoms with van der Waals surface area (Å²) >= 11 is 0. The molecule has 2 heterocycles. The molecule has 0 aromatic heterocycles. The Morgan fingerprint density at radius 3 is 2.67 bits per heavy atom. The molecule has 1 spiro atoms. The number of amides is 1. The number of carbonyl (C=O) groups excluding carboxylic acids is 1. The van der Waals surface area contributed by atoms with Crippen molar-refractivity contribution in [2.45, 2.75) is 45.3 Å². The number of likely N-dealkylation sites (tertiary alicyclic amines) is 1. The zero-order valence-corrected chi connectivity index (χ0v) is 11.4. The predicted octanol–water partition coefficient (Wildman–Crippen LogP) is 1.39. The molecule has 1 N–H and O–H groups in total. The number of β-amino-alcohol motifs (C(OH)–C–C–N with tert-alkyl or cyclic N) is 1. The van der Waals surface area contributed by atoms with Gasteiger partial charge >= 0.3 is 6.09 Å². The van der Waals surface area contributed by atoms with E-state index in [0.29, 0.717) is 26.3 Å². The molecule has 0 aromatic rings. The highest BCUT2D eigenvalue weighted by molar-refractivity contribution is 5.68. The van der Waals surface area contributed by atoms with E-state index >= 15 is 0 Å². The average Bonchev–Trinajstić information content (AvgIpc) is 2.69. The number of nitrogens with zero attached hydrogens (tertiary/aromatic N) is 1. The van der Waals surface area contributed by atoms with Crippen molar-refractivity contribution >= 4 is 6.09 Å². The number of hydrogen-bond acceptors (Lipinski definition) is 4. The van der Waals surface area contributed by atoms with Gasteiger partial charge < -0.3 is 19.5 Å². The van der Waals surface area contributed by atoms with Gasteiger partial charge in [-0.25, -0.2) is 4.79 Å². The third kappa shape index (κ3) is 2.78. The summed E-state index contributed by atoms with van der Waals surface area (Å²) in [4.78, 5) is 13.5. The Morgan fingerprint density at radius 1 is 1.44 bits per heavy atom. The number of hydrogen-bond donors (Lipinski definition) is 1. The van der Waals surface area contributed by atoms with Gasteiger partial charge in [-0.1, -0.05) is 0 Å². The first-order chi connectivity index (χ1) is 8.32. The molecule has 0 bridgehead atoms. The van der Waals surface area contributed by atoms with Crippen molar-refractivity contribution in [3.63, 3.8) is 0 Å². The highest BCUT2D eigenvalue weighted by Gasteiger charge is 2.46. The molecule has 18 heavy (non-hydrogen) atoms. The summed E-state index contributed by atoms with van der Waals surface area (Å²) in [7, 11) is 0. The van der Waals surface area contributed by atoms with E-state index in [2.05, 4.69) is 0 Å². The van der Waals surface area contributed by atoms with Crippen molar-refractivity contribution in [3.8, 4) is 0 Å². The van der Waals surface area contributed by atoms with Crippen LogP contribution in [0.4, 0.5) is 4.79 Å². The van der Waals surface area contributed by atoms with E-state index in [0.717, 1.165) is 12.8 Å². The Kier molecular flexibility index (Phi) is 3.56. The summed E-state index contributed by atoms with van der Waals surface area (Å²) in [5, 5.41) is 10.2. The molecule has 0 aliphatic carbocycles. The van der Waals surface area contributed by atoms with Gasteiger partial charge in [0.2, 0.25) is 0 Å². The second kappa shape index (κ2) is 4.70. The van der Waals surface area contributed by atoms with Crippen LogP contribution in [-0.4, -0.2) is 54.1 Å². The summed E-state index contributed by atoms with van der Waals surface area (Å²) in [6, 6.07) is 0. The number of rotatable bonds is 0. The van der Waals surface area contributed by atoms with Gasteiger partial charge in [0.25, 0.3) is 0 Å². The van der Waals surface area contributed by atoms with Gasteiger partial charge in [-0.3, -0.25) is 0 Å². The van der Waals surface area contributed by atoms with Crippen LogP contribution in [0.1, 0.15) is 33.6 Å². The van der Waals surface area contributed by atoms with Crippen molar-refractivity contribution < 1.29 is 19.4 Å². The summed E-state index contributed by atoms with van der Waals surface area (Å²) in [6.07, 6.45) is 0.820. The van der Waals surface area contributed by atoms with Crippen LogP contribution in [0.2, 0.25) is 0 Å². The highest BCUT2D eigenvalue weighted by atomic mass is 16.6. The molecule has 104 valence electrons. The fourth-order valence-electron chi connectivity index (χ4n) is 2.59. The molecule has 5 nitrogen and oxygen atoms in total. The fourth-order valence-corrected chi connectivity index (χ4v) is 2.59. The van der Waals surface area contributed by atoms with E-state index in [-0.39, 0.29) is 11.5 Å². The standard InChI is InChI=1S/C13H23NO4/c1-12(2,3)18-11(16)14-6-4-13(10(15)8-14)5-7-17-9-13/h10,15H,4-9H2,1-3H3/t10-,13+/m0/s1. The quantitative estimate of drug-likeness (QED) is 0.712. The molecule has 0 saturated carbocycles. The number of ether oxygens (including phenoxy) is 2. The number of carbonyl (C=O) groups is 1. The molecular weight excluding hydrogens is 234 g/mol. The lowest BCUT2D eigenvalue weighted by atomic mass is 9.76. The molecule has 5 heteroatoms. The zero-order valence-electron chi connectivity index (χ0n) is 11.4. The first-order valence-corrected chi connectivity index (χ1v) is 6.56. The molecular formula is C13H23NO4. The molecule has 1 amide bonds. The summed E-state index contributed by atoms with van der Waals surface area (Å²) in [6.45, 7) is 7.83. The maximum atomic E-state index is 11.9. The molecule has 2 aliphatic rings. The average molecular weight is 257 g/mol. The van der Waals surface area contributed by atoms with Crippen LogP contribution in [0.25, 0.3) is 0 Å². The van der Waals surface area contributed by atoms with Gasteiger partial charge in [0, 0.05) is 18.6 Å². The van der Waals surface area contributed by atoms with E-state index < -0.39 is 11.7 Å². The van der Waals surface area contributed by atoms with Crippen molar-refractivity contribution in [1.82, 2.24) is 4.90 Å². The Morgan fingerprint density at radius 2 is 2.17 bits per heavy atom. The molecule has 2 rings (SSSR count). The van der Waals surface area contributed by atoms with E-state index in [1.807, 2.05) is 20.8 Å². The molecule has 2 aliphatic heterocycles. The van der Waals surface area contributed by atoms with Gasteiger partial charge in [0.15, 0.2) is 0 Å². The van der Waals surface area contributed by atoms with Crippen molar-refractivity contribution in [2.75, 3.05) is 26.3 Å². The van der Waals surface area contributed by atoms with Gasteiger partial charge in [-0.05, 0) is 33.6 Å². The van der Waals surface area contributed by atoms with Crippen molar-refractivity contribution in [3.05, 3.63) is 0 Å². The number of piperidine rings is 1. The normalized spacial score (nSPS) is 32.9. The summed E-state index contributed by atoms with van der Waals surface area (Å²) in [5.74, 6) is 0. The van der Waals surface area contributed by atoms with Crippen LogP contribution in [0, 0.1) is 5.41 Å². The maximum absolute atomic E-state index is 11.9. The van der Waals surface area contributed by atoms with Gasteiger partial charge in [-0.2, -0.15) is 0 Å². The van der Waals surface area contributed by atoms with Crippen LogP contribution in [-0.2, 0) is 9.47 Å². The molecule has 0 aromatic carbocycles. The first kappa shape index (κ1) is 13.6. The minimum absolute atomic E-state index is 0.140. The minimum Gasteiger partial charge on any atom is -0.444 e. The Balaban J connectivity index is 1.94. The maximum Gasteiger partial charge on any atom is 0.410 e. The van der Waals surface area contributed by atoms with Gasteiger partial charge in [0.05, 0.1) is 19.3 Å². The van der Waals surface area contributed by atoms with Crippen LogP contribution in [0.3, 0.4) is 0 Å². The van der Waals surface area contributed by atoms with E-state index in [4.69, 9.17) is 9.47 Å². The second-order valence-electron chi connectivity index (χ2n) is 6.36. The third-order valence-corrected chi connectivity index (χ3v) is 3.77. The van der Waals surface area contributed by atoms with E-state index in [1.165, 1.54) is 0 Å². The lowest BCUT2D eigenvalue weighted by Crippen LogP contribution is -2.53. The molecule has 2 fully saturated rings. The monoisotopic (exact) mass is 257 g/mol.